The standard InChI is InChI=1S/C17H23N3O5S/c1-3-10-19(2)26(24,25)15-6-4-14(5-7-15)18-17(23)20-11-8-13(9-12-20)16(21)22/h3-7,13H,1,8-12H2,2H3,(H,18,23)(H,21,22). The Balaban J connectivity index is 1.98. The topological polar surface area (TPSA) is 107 Å². The van der Waals surface area contributed by atoms with Crippen LogP contribution in [0.3, 0.4) is 0 Å². The Morgan fingerprint density at radius 3 is 2.38 bits per heavy atom. The largest absolute Gasteiger partial charge is 0.481 e. The highest BCUT2D eigenvalue weighted by Crippen LogP contribution is 2.20. The first-order valence-electron chi connectivity index (χ1n) is 8.21. The van der Waals surface area contributed by atoms with Crippen molar-refractivity contribution in [3.8, 4) is 0 Å². The molecule has 142 valence electrons. The summed E-state index contributed by atoms with van der Waals surface area (Å²) >= 11 is 0. The van der Waals surface area contributed by atoms with Crippen LogP contribution in [0.5, 0.6) is 0 Å². The van der Waals surface area contributed by atoms with Crippen molar-refractivity contribution in [2.75, 3.05) is 32.0 Å². The molecule has 1 fully saturated rings. The Morgan fingerprint density at radius 2 is 1.88 bits per heavy atom. The van der Waals surface area contributed by atoms with Crippen LogP contribution in [0.25, 0.3) is 0 Å². The van der Waals surface area contributed by atoms with E-state index < -0.39 is 21.9 Å². The number of benzene rings is 1. The van der Waals surface area contributed by atoms with Gasteiger partial charge >= 0.3 is 12.0 Å². The number of carbonyl (C=O) groups is 2. The van der Waals surface area contributed by atoms with Crippen LogP contribution in [0, 0.1) is 5.92 Å². The number of urea groups is 1. The van der Waals surface area contributed by atoms with Crippen LogP contribution in [0.1, 0.15) is 12.8 Å². The summed E-state index contributed by atoms with van der Waals surface area (Å²) < 4.78 is 25.8. The predicted octanol–water partition coefficient (Wildman–Crippen LogP) is 1.82. The second-order valence-corrected chi connectivity index (χ2v) is 8.17. The number of sulfonamides is 1. The Morgan fingerprint density at radius 1 is 1.31 bits per heavy atom. The van der Waals surface area contributed by atoms with Crippen LogP contribution in [-0.2, 0) is 14.8 Å². The molecular formula is C17H23N3O5S. The lowest BCUT2D eigenvalue weighted by atomic mass is 9.97. The molecule has 1 saturated heterocycles. The Bertz CT molecular complexity index is 768. The zero-order valence-corrected chi connectivity index (χ0v) is 15.4. The second kappa shape index (κ2) is 8.33. The highest BCUT2D eigenvalue weighted by molar-refractivity contribution is 7.89. The molecule has 0 radical (unpaired) electrons. The smallest absolute Gasteiger partial charge is 0.321 e. The third-order valence-corrected chi connectivity index (χ3v) is 6.17. The molecule has 26 heavy (non-hydrogen) atoms. The number of aliphatic carboxylic acids is 1. The molecule has 0 bridgehead atoms. The molecule has 1 aliphatic rings. The quantitative estimate of drug-likeness (QED) is 0.731. The van der Waals surface area contributed by atoms with Crippen molar-refractivity contribution >= 4 is 27.7 Å². The first-order valence-corrected chi connectivity index (χ1v) is 9.65. The summed E-state index contributed by atoms with van der Waals surface area (Å²) in [4.78, 5) is 24.9. The molecule has 2 N–H and O–H groups in total. The van der Waals surface area contributed by atoms with E-state index in [9.17, 15) is 18.0 Å². The predicted molar refractivity (Wildman–Crippen MR) is 97.4 cm³/mol. The normalized spacial score (nSPS) is 15.7. The van der Waals surface area contributed by atoms with E-state index in [0.29, 0.717) is 31.6 Å². The van der Waals surface area contributed by atoms with Gasteiger partial charge in [0.25, 0.3) is 0 Å². The average Bonchev–Trinajstić information content (AvgIpc) is 2.62. The summed E-state index contributed by atoms with van der Waals surface area (Å²) in [6.07, 6.45) is 2.35. The van der Waals surface area contributed by atoms with E-state index in [1.807, 2.05) is 0 Å². The molecule has 1 aromatic rings. The molecule has 2 rings (SSSR count). The van der Waals surface area contributed by atoms with E-state index in [0.717, 1.165) is 0 Å². The first-order chi connectivity index (χ1) is 12.3. The highest BCUT2D eigenvalue weighted by atomic mass is 32.2. The monoisotopic (exact) mass is 381 g/mol. The van der Waals surface area contributed by atoms with Gasteiger partial charge in [0.2, 0.25) is 10.0 Å². The number of nitrogens with one attached hydrogen (secondary N) is 1. The van der Waals surface area contributed by atoms with Crippen molar-refractivity contribution in [1.29, 1.82) is 0 Å². The molecule has 0 spiro atoms. The maximum absolute atomic E-state index is 12.3. The van der Waals surface area contributed by atoms with Crippen molar-refractivity contribution < 1.29 is 23.1 Å². The number of nitrogens with zero attached hydrogens (tertiary/aromatic N) is 2. The van der Waals surface area contributed by atoms with Gasteiger partial charge in [-0.25, -0.2) is 13.2 Å². The third-order valence-electron chi connectivity index (χ3n) is 4.33. The van der Waals surface area contributed by atoms with Crippen LogP contribution >= 0.6 is 0 Å². The molecule has 0 unspecified atom stereocenters. The number of anilines is 1. The summed E-state index contributed by atoms with van der Waals surface area (Å²) in [5.41, 5.74) is 0.473. The van der Waals surface area contributed by atoms with Crippen molar-refractivity contribution in [3.63, 3.8) is 0 Å². The molecule has 0 atom stereocenters. The van der Waals surface area contributed by atoms with Crippen molar-refractivity contribution in [3.05, 3.63) is 36.9 Å². The maximum atomic E-state index is 12.3. The fourth-order valence-electron chi connectivity index (χ4n) is 2.70. The summed E-state index contributed by atoms with van der Waals surface area (Å²) in [5, 5.41) is 11.7. The van der Waals surface area contributed by atoms with Gasteiger partial charge in [-0.05, 0) is 37.1 Å². The number of likely N-dealkylation sites (N-methyl/N-ethyl adjacent to an activating group) is 1. The molecule has 0 aliphatic carbocycles. The van der Waals surface area contributed by atoms with Gasteiger partial charge in [0.05, 0.1) is 10.8 Å². The van der Waals surface area contributed by atoms with E-state index in [4.69, 9.17) is 5.11 Å². The number of hydrogen-bond donors (Lipinski definition) is 2. The zero-order valence-electron chi connectivity index (χ0n) is 14.6. The lowest BCUT2D eigenvalue weighted by Crippen LogP contribution is -2.42. The van der Waals surface area contributed by atoms with Crippen LogP contribution < -0.4 is 5.32 Å². The fourth-order valence-corrected chi connectivity index (χ4v) is 3.84. The van der Waals surface area contributed by atoms with E-state index in [-0.39, 0.29) is 17.5 Å². The first kappa shape index (κ1) is 19.9. The zero-order chi connectivity index (χ0) is 19.3. The number of carbonyl (C=O) groups excluding carboxylic acids is 1. The molecule has 0 saturated carbocycles. The molecule has 9 heteroatoms. The maximum Gasteiger partial charge on any atom is 0.321 e. The van der Waals surface area contributed by atoms with Crippen molar-refractivity contribution in [1.82, 2.24) is 9.21 Å². The number of piperidine rings is 1. The van der Waals surface area contributed by atoms with Crippen LogP contribution in [0.2, 0.25) is 0 Å². The minimum Gasteiger partial charge on any atom is -0.481 e. The van der Waals surface area contributed by atoms with Gasteiger partial charge in [-0.2, -0.15) is 4.31 Å². The molecule has 0 aromatic heterocycles. The molecule has 1 aromatic carbocycles. The second-order valence-electron chi connectivity index (χ2n) is 6.13. The Kier molecular flexibility index (Phi) is 6.38. The molecule has 1 heterocycles. The van der Waals surface area contributed by atoms with E-state index in [2.05, 4.69) is 11.9 Å². The number of likely N-dealkylation sites (tertiary alicyclic amines) is 1. The Labute approximate surface area is 153 Å². The van der Waals surface area contributed by atoms with Gasteiger partial charge in [0.15, 0.2) is 0 Å². The Hall–Kier alpha value is -2.39. The summed E-state index contributed by atoms with van der Waals surface area (Å²) in [5.74, 6) is -1.24. The van der Waals surface area contributed by atoms with Crippen LogP contribution in [-0.4, -0.2) is 61.4 Å². The molecule has 2 amide bonds. The minimum atomic E-state index is -3.60. The van der Waals surface area contributed by atoms with Gasteiger partial charge in [0.1, 0.15) is 0 Å². The minimum absolute atomic E-state index is 0.127. The van der Waals surface area contributed by atoms with Crippen molar-refractivity contribution in [2.45, 2.75) is 17.7 Å². The lowest BCUT2D eigenvalue weighted by molar-refractivity contribution is -0.143. The van der Waals surface area contributed by atoms with E-state index >= 15 is 0 Å². The third kappa shape index (κ3) is 4.61. The summed E-state index contributed by atoms with van der Waals surface area (Å²) in [7, 11) is -2.13. The van der Waals surface area contributed by atoms with E-state index in [1.54, 1.807) is 4.90 Å². The molecule has 8 nitrogen and oxygen atoms in total. The summed E-state index contributed by atoms with van der Waals surface area (Å²) in [6, 6.07) is 5.59. The number of rotatable bonds is 6. The average molecular weight is 381 g/mol. The van der Waals surface area contributed by atoms with E-state index in [1.165, 1.54) is 41.7 Å². The van der Waals surface area contributed by atoms with Crippen molar-refractivity contribution in [2.24, 2.45) is 5.92 Å². The van der Waals surface area contributed by atoms with Gasteiger partial charge in [-0.1, -0.05) is 6.08 Å². The number of carboxylic acids is 1. The molecular weight excluding hydrogens is 358 g/mol. The number of hydrogen-bond acceptors (Lipinski definition) is 4. The van der Waals surface area contributed by atoms with Gasteiger partial charge < -0.3 is 15.3 Å². The van der Waals surface area contributed by atoms with Crippen LogP contribution in [0.4, 0.5) is 10.5 Å². The number of carboxylic acid groups (broad SMARTS) is 1. The van der Waals surface area contributed by atoms with Gasteiger partial charge in [0, 0.05) is 32.4 Å². The van der Waals surface area contributed by atoms with Gasteiger partial charge in [-0.15, -0.1) is 6.58 Å². The summed E-state index contributed by atoms with van der Waals surface area (Å²) in [6.45, 7) is 4.48. The SMILES string of the molecule is C=CCN(C)S(=O)(=O)c1ccc(NC(=O)N2CCC(C(=O)O)CC2)cc1. The number of amides is 2. The highest BCUT2D eigenvalue weighted by Gasteiger charge is 2.27. The van der Waals surface area contributed by atoms with Gasteiger partial charge in [-0.3, -0.25) is 4.79 Å². The van der Waals surface area contributed by atoms with Crippen LogP contribution in [0.15, 0.2) is 41.8 Å². The lowest BCUT2D eigenvalue weighted by Gasteiger charge is -2.30. The fraction of sp³-hybridized carbons (Fsp3) is 0.412. The molecule has 1 aliphatic heterocycles.